The number of nitrogens with zero attached hydrogens (tertiary/aromatic N) is 2. The predicted molar refractivity (Wildman–Crippen MR) is 87.5 cm³/mol. The van der Waals surface area contributed by atoms with E-state index in [1.807, 2.05) is 19.1 Å². The molecule has 2 aliphatic rings. The summed E-state index contributed by atoms with van der Waals surface area (Å²) in [5.74, 6) is 1.64. The van der Waals surface area contributed by atoms with Gasteiger partial charge in [-0.05, 0) is 32.3 Å². The summed E-state index contributed by atoms with van der Waals surface area (Å²) < 4.78 is 0. The number of aromatic amines is 1. The Morgan fingerprint density at radius 2 is 2.22 bits per heavy atom. The molecule has 0 radical (unpaired) electrons. The maximum atomic E-state index is 12.2. The summed E-state index contributed by atoms with van der Waals surface area (Å²) >= 11 is 0. The monoisotopic (exact) mass is 311 g/mol. The third-order valence-corrected chi connectivity index (χ3v) is 4.76. The zero-order valence-corrected chi connectivity index (χ0v) is 13.3. The quantitative estimate of drug-likeness (QED) is 0.912. The van der Waals surface area contributed by atoms with Crippen molar-refractivity contribution in [3.05, 3.63) is 56.8 Å². The van der Waals surface area contributed by atoms with E-state index in [9.17, 15) is 9.90 Å². The molecule has 0 unspecified atom stereocenters. The standard InChI is InChI=1S/C18H21N3O2/c1-11-2-5-16(22)13(8-11)9-21-7-6-14-15(10-21)19-17(12-3-4-12)20-18(14)23/h2,5,8,12,22H,3-4,6-7,9-10H2,1H3,(H,19,20,23). The molecule has 1 saturated carbocycles. The van der Waals surface area contributed by atoms with Crippen LogP contribution < -0.4 is 5.56 Å². The maximum Gasteiger partial charge on any atom is 0.254 e. The molecule has 120 valence electrons. The van der Waals surface area contributed by atoms with Crippen LogP contribution in [0, 0.1) is 6.92 Å². The second-order valence-electron chi connectivity index (χ2n) is 6.74. The molecule has 23 heavy (non-hydrogen) atoms. The highest BCUT2D eigenvalue weighted by atomic mass is 16.3. The first-order valence-electron chi connectivity index (χ1n) is 8.23. The van der Waals surface area contributed by atoms with E-state index in [-0.39, 0.29) is 5.56 Å². The molecular formula is C18H21N3O2. The van der Waals surface area contributed by atoms with Crippen LogP contribution in [0.15, 0.2) is 23.0 Å². The van der Waals surface area contributed by atoms with Crippen molar-refractivity contribution < 1.29 is 5.11 Å². The van der Waals surface area contributed by atoms with Crippen LogP contribution in [0.25, 0.3) is 0 Å². The lowest BCUT2D eigenvalue weighted by Crippen LogP contribution is -2.35. The molecule has 0 spiro atoms. The van der Waals surface area contributed by atoms with Crippen molar-refractivity contribution in [1.82, 2.24) is 14.9 Å². The van der Waals surface area contributed by atoms with Gasteiger partial charge in [0, 0.05) is 36.7 Å². The smallest absolute Gasteiger partial charge is 0.254 e. The Morgan fingerprint density at radius 3 is 3.00 bits per heavy atom. The van der Waals surface area contributed by atoms with Gasteiger partial charge in [-0.2, -0.15) is 0 Å². The van der Waals surface area contributed by atoms with E-state index in [4.69, 9.17) is 4.98 Å². The second-order valence-corrected chi connectivity index (χ2v) is 6.74. The Morgan fingerprint density at radius 1 is 1.39 bits per heavy atom. The number of nitrogens with one attached hydrogen (secondary N) is 1. The van der Waals surface area contributed by atoms with Gasteiger partial charge in [0.15, 0.2) is 0 Å². The van der Waals surface area contributed by atoms with Gasteiger partial charge >= 0.3 is 0 Å². The molecular weight excluding hydrogens is 290 g/mol. The molecule has 2 aromatic rings. The van der Waals surface area contributed by atoms with E-state index in [0.717, 1.165) is 54.0 Å². The van der Waals surface area contributed by atoms with Crippen molar-refractivity contribution in [3.63, 3.8) is 0 Å². The maximum absolute atomic E-state index is 12.2. The molecule has 5 heteroatoms. The number of H-pyrrole nitrogens is 1. The molecule has 1 aliphatic heterocycles. The Balaban J connectivity index is 1.58. The minimum absolute atomic E-state index is 0.0370. The van der Waals surface area contributed by atoms with Gasteiger partial charge in [0.1, 0.15) is 11.6 Å². The van der Waals surface area contributed by atoms with Gasteiger partial charge in [0.25, 0.3) is 5.56 Å². The molecule has 1 aromatic carbocycles. The molecule has 0 amide bonds. The van der Waals surface area contributed by atoms with Gasteiger partial charge in [0.2, 0.25) is 0 Å². The number of aromatic hydroxyl groups is 1. The van der Waals surface area contributed by atoms with Crippen LogP contribution in [0.2, 0.25) is 0 Å². The molecule has 2 heterocycles. The van der Waals surface area contributed by atoms with Gasteiger partial charge in [-0.15, -0.1) is 0 Å². The number of phenols is 1. The van der Waals surface area contributed by atoms with Crippen LogP contribution in [0.4, 0.5) is 0 Å². The Labute approximate surface area is 135 Å². The van der Waals surface area contributed by atoms with Gasteiger partial charge in [0.05, 0.1) is 5.69 Å². The zero-order chi connectivity index (χ0) is 16.0. The van der Waals surface area contributed by atoms with E-state index in [2.05, 4.69) is 9.88 Å². The largest absolute Gasteiger partial charge is 0.508 e. The molecule has 0 bridgehead atoms. The molecule has 2 N–H and O–H groups in total. The highest BCUT2D eigenvalue weighted by molar-refractivity contribution is 5.36. The number of aryl methyl sites for hydroxylation is 1. The Kier molecular flexibility index (Phi) is 3.45. The Bertz CT molecular complexity index is 808. The highest BCUT2D eigenvalue weighted by Gasteiger charge is 2.29. The average molecular weight is 311 g/mol. The van der Waals surface area contributed by atoms with Crippen molar-refractivity contribution in [2.75, 3.05) is 6.54 Å². The molecule has 0 saturated heterocycles. The number of benzene rings is 1. The fourth-order valence-electron chi connectivity index (χ4n) is 3.28. The average Bonchev–Trinajstić information content (AvgIpc) is 3.35. The number of rotatable bonds is 3. The summed E-state index contributed by atoms with van der Waals surface area (Å²) in [6, 6.07) is 5.68. The summed E-state index contributed by atoms with van der Waals surface area (Å²) in [7, 11) is 0. The topological polar surface area (TPSA) is 69.2 Å². The fraction of sp³-hybridized carbons (Fsp3) is 0.444. The number of hydrogen-bond donors (Lipinski definition) is 2. The molecule has 4 rings (SSSR count). The fourth-order valence-corrected chi connectivity index (χ4v) is 3.28. The van der Waals surface area contributed by atoms with Crippen molar-refractivity contribution in [2.45, 2.75) is 45.2 Å². The summed E-state index contributed by atoms with van der Waals surface area (Å²) in [4.78, 5) is 22.1. The van der Waals surface area contributed by atoms with Crippen LogP contribution in [0.3, 0.4) is 0 Å². The first-order chi connectivity index (χ1) is 11.1. The lowest BCUT2D eigenvalue weighted by Gasteiger charge is -2.28. The third-order valence-electron chi connectivity index (χ3n) is 4.76. The Hall–Kier alpha value is -2.14. The van der Waals surface area contributed by atoms with Crippen molar-refractivity contribution in [3.8, 4) is 5.75 Å². The summed E-state index contributed by atoms with van der Waals surface area (Å²) in [5, 5.41) is 10.0. The van der Waals surface area contributed by atoms with Crippen LogP contribution in [-0.4, -0.2) is 26.5 Å². The van der Waals surface area contributed by atoms with E-state index in [1.54, 1.807) is 6.07 Å². The van der Waals surface area contributed by atoms with Crippen molar-refractivity contribution in [1.29, 1.82) is 0 Å². The molecule has 1 fully saturated rings. The first kappa shape index (κ1) is 14.5. The van der Waals surface area contributed by atoms with Gasteiger partial charge in [-0.1, -0.05) is 17.7 Å². The van der Waals surface area contributed by atoms with E-state index in [0.29, 0.717) is 24.8 Å². The van der Waals surface area contributed by atoms with Gasteiger partial charge in [-0.25, -0.2) is 4.98 Å². The summed E-state index contributed by atoms with van der Waals surface area (Å²) in [5.41, 5.74) is 3.85. The van der Waals surface area contributed by atoms with Crippen LogP contribution in [0.5, 0.6) is 5.75 Å². The minimum atomic E-state index is 0.0370. The molecule has 1 aliphatic carbocycles. The number of aromatic nitrogens is 2. The van der Waals surface area contributed by atoms with Crippen LogP contribution in [-0.2, 0) is 19.5 Å². The summed E-state index contributed by atoms with van der Waals surface area (Å²) in [6.45, 7) is 4.19. The molecule has 0 atom stereocenters. The van der Waals surface area contributed by atoms with Crippen LogP contribution >= 0.6 is 0 Å². The third kappa shape index (κ3) is 2.88. The van der Waals surface area contributed by atoms with Crippen LogP contribution in [0.1, 0.15) is 47.0 Å². The highest BCUT2D eigenvalue weighted by Crippen LogP contribution is 2.37. The van der Waals surface area contributed by atoms with E-state index in [1.165, 1.54) is 0 Å². The predicted octanol–water partition coefficient (Wildman–Crippen LogP) is 2.22. The number of hydrogen-bond acceptors (Lipinski definition) is 4. The first-order valence-corrected chi connectivity index (χ1v) is 8.23. The van der Waals surface area contributed by atoms with E-state index >= 15 is 0 Å². The molecule has 1 aromatic heterocycles. The lowest BCUT2D eigenvalue weighted by atomic mass is 10.0. The SMILES string of the molecule is Cc1ccc(O)c(CN2CCc3c(nc(C4CC4)[nH]c3=O)C2)c1. The van der Waals surface area contributed by atoms with Gasteiger partial charge in [-0.3, -0.25) is 9.69 Å². The molecule has 5 nitrogen and oxygen atoms in total. The van der Waals surface area contributed by atoms with E-state index < -0.39 is 0 Å². The summed E-state index contributed by atoms with van der Waals surface area (Å²) in [6.07, 6.45) is 2.97. The van der Waals surface area contributed by atoms with Crippen molar-refractivity contribution >= 4 is 0 Å². The number of fused-ring (bicyclic) bond motifs is 1. The lowest BCUT2D eigenvalue weighted by molar-refractivity contribution is 0.237. The second kappa shape index (κ2) is 5.49. The number of phenolic OH excluding ortho intramolecular Hbond substituents is 1. The van der Waals surface area contributed by atoms with Crippen molar-refractivity contribution in [2.24, 2.45) is 0 Å². The normalized spacial score (nSPS) is 18.0. The zero-order valence-electron chi connectivity index (χ0n) is 13.3. The minimum Gasteiger partial charge on any atom is -0.508 e. The van der Waals surface area contributed by atoms with Gasteiger partial charge < -0.3 is 10.1 Å².